The molecule has 7 heteroatoms. The number of aromatic nitrogens is 1. The fourth-order valence-corrected chi connectivity index (χ4v) is 4.57. The molecule has 1 aromatic heterocycles. The summed E-state index contributed by atoms with van der Waals surface area (Å²) >= 11 is 13.6. The number of para-hydroxylation sites is 1. The maximum atomic E-state index is 12.6. The zero-order valence-corrected chi connectivity index (χ0v) is 16.9. The van der Waals surface area contributed by atoms with Crippen LogP contribution >= 0.6 is 34.5 Å². The van der Waals surface area contributed by atoms with E-state index in [9.17, 15) is 4.79 Å². The zero-order valence-electron chi connectivity index (χ0n) is 14.6. The maximum Gasteiger partial charge on any atom is 0.245 e. The van der Waals surface area contributed by atoms with E-state index >= 15 is 0 Å². The molecule has 0 saturated heterocycles. The number of amides is 1. The highest BCUT2D eigenvalue weighted by Crippen LogP contribution is 2.33. The average Bonchev–Trinajstić information content (AvgIpc) is 3.20. The number of carbonyl (C=O) groups excluding carboxylic acids is 1. The number of carbonyl (C=O) groups is 1. The lowest BCUT2D eigenvalue weighted by Gasteiger charge is -2.23. The summed E-state index contributed by atoms with van der Waals surface area (Å²) in [6, 6.07) is 13.8. The highest BCUT2D eigenvalue weighted by molar-refractivity contribution is 7.14. The number of halogens is 2. The molecule has 0 bridgehead atoms. The molecule has 1 atom stereocenters. The van der Waals surface area contributed by atoms with Crippen molar-refractivity contribution in [3.8, 4) is 11.3 Å². The molecule has 1 unspecified atom stereocenters. The molecule has 138 valence electrons. The molecule has 0 fully saturated rings. The quantitative estimate of drug-likeness (QED) is 0.608. The van der Waals surface area contributed by atoms with Crippen LogP contribution < -0.4 is 10.2 Å². The first-order chi connectivity index (χ1) is 13.0. The zero-order chi connectivity index (χ0) is 19.0. The lowest BCUT2D eigenvalue weighted by molar-refractivity contribution is -0.115. The maximum absolute atomic E-state index is 12.6. The van der Waals surface area contributed by atoms with Crippen LogP contribution in [0.15, 0.2) is 47.8 Å². The van der Waals surface area contributed by atoms with E-state index in [-0.39, 0.29) is 5.91 Å². The topological polar surface area (TPSA) is 45.2 Å². The second-order valence-electron chi connectivity index (χ2n) is 6.52. The van der Waals surface area contributed by atoms with Crippen molar-refractivity contribution >= 4 is 51.3 Å². The van der Waals surface area contributed by atoms with Gasteiger partial charge in [0.15, 0.2) is 5.13 Å². The van der Waals surface area contributed by atoms with Gasteiger partial charge in [0.25, 0.3) is 0 Å². The van der Waals surface area contributed by atoms with Gasteiger partial charge in [-0.1, -0.05) is 41.4 Å². The second-order valence-corrected chi connectivity index (χ2v) is 8.22. The molecule has 1 aliphatic rings. The van der Waals surface area contributed by atoms with Gasteiger partial charge in [0.1, 0.15) is 0 Å². The minimum Gasteiger partial charge on any atom is -0.359 e. The number of hydrogen-bond donors (Lipinski definition) is 1. The van der Waals surface area contributed by atoms with Crippen LogP contribution in [0.1, 0.15) is 12.5 Å². The monoisotopic (exact) mass is 417 g/mol. The summed E-state index contributed by atoms with van der Waals surface area (Å²) in [6.45, 7) is 2.44. The molecule has 0 saturated carbocycles. The van der Waals surface area contributed by atoms with E-state index in [1.807, 2.05) is 23.6 Å². The van der Waals surface area contributed by atoms with Gasteiger partial charge in [-0.05, 0) is 43.2 Å². The van der Waals surface area contributed by atoms with E-state index in [0.717, 1.165) is 23.4 Å². The number of anilines is 2. The Balaban J connectivity index is 1.46. The highest BCUT2D eigenvalue weighted by Gasteiger charge is 2.27. The van der Waals surface area contributed by atoms with Crippen molar-refractivity contribution < 1.29 is 4.79 Å². The smallest absolute Gasteiger partial charge is 0.245 e. The molecule has 27 heavy (non-hydrogen) atoms. The summed E-state index contributed by atoms with van der Waals surface area (Å²) in [5.41, 5.74) is 3.93. The fourth-order valence-electron chi connectivity index (χ4n) is 3.34. The van der Waals surface area contributed by atoms with E-state index in [4.69, 9.17) is 23.2 Å². The van der Waals surface area contributed by atoms with Crippen LogP contribution in [0.2, 0.25) is 10.0 Å². The number of fused-ring (bicyclic) bond motifs is 1. The molecule has 2 aromatic carbocycles. The van der Waals surface area contributed by atoms with Crippen LogP contribution in [0, 0.1) is 0 Å². The first-order valence-corrected chi connectivity index (χ1v) is 10.2. The van der Waals surface area contributed by atoms with Crippen molar-refractivity contribution in [1.82, 2.24) is 4.98 Å². The molecule has 4 nitrogen and oxygen atoms in total. The van der Waals surface area contributed by atoms with Gasteiger partial charge in [-0.2, -0.15) is 0 Å². The van der Waals surface area contributed by atoms with Gasteiger partial charge >= 0.3 is 0 Å². The second kappa shape index (κ2) is 7.50. The third kappa shape index (κ3) is 3.81. The van der Waals surface area contributed by atoms with Gasteiger partial charge in [-0.25, -0.2) is 4.98 Å². The van der Waals surface area contributed by atoms with E-state index < -0.39 is 0 Å². The first-order valence-electron chi connectivity index (χ1n) is 8.56. The summed E-state index contributed by atoms with van der Waals surface area (Å²) in [5.74, 6) is -0.0818. The molecular weight excluding hydrogens is 401 g/mol. The lowest BCUT2D eigenvalue weighted by Crippen LogP contribution is -2.37. The van der Waals surface area contributed by atoms with Gasteiger partial charge in [0.05, 0.1) is 17.3 Å². The van der Waals surface area contributed by atoms with Crippen LogP contribution in [-0.2, 0) is 11.2 Å². The van der Waals surface area contributed by atoms with Crippen molar-refractivity contribution in [2.75, 3.05) is 16.8 Å². The third-order valence-corrected chi connectivity index (χ3v) is 5.93. The van der Waals surface area contributed by atoms with Crippen molar-refractivity contribution in [3.05, 3.63) is 63.5 Å². The molecular formula is C20H17Cl2N3OS. The summed E-state index contributed by atoms with van der Waals surface area (Å²) in [6.07, 6.45) is 0.958. The average molecular weight is 418 g/mol. The Morgan fingerprint density at radius 3 is 2.93 bits per heavy atom. The van der Waals surface area contributed by atoms with E-state index in [2.05, 4.69) is 34.3 Å². The Morgan fingerprint density at radius 1 is 1.30 bits per heavy atom. The Labute approximate surface area is 171 Å². The molecule has 1 N–H and O–H groups in total. The van der Waals surface area contributed by atoms with Crippen LogP contribution in [-0.4, -0.2) is 23.5 Å². The predicted octanol–water partition coefficient (Wildman–Crippen LogP) is 5.51. The summed E-state index contributed by atoms with van der Waals surface area (Å²) in [4.78, 5) is 19.2. The Hall–Kier alpha value is -2.08. The number of nitrogens with one attached hydrogen (secondary N) is 1. The molecule has 0 radical (unpaired) electrons. The number of thiazole rings is 1. The Kier molecular flexibility index (Phi) is 5.08. The minimum absolute atomic E-state index is 0.0818. The highest BCUT2D eigenvalue weighted by atomic mass is 35.5. The van der Waals surface area contributed by atoms with Gasteiger partial charge in [0, 0.05) is 27.7 Å². The van der Waals surface area contributed by atoms with Gasteiger partial charge in [-0.15, -0.1) is 11.3 Å². The largest absolute Gasteiger partial charge is 0.359 e. The molecule has 0 aliphatic carbocycles. The summed E-state index contributed by atoms with van der Waals surface area (Å²) < 4.78 is 0. The minimum atomic E-state index is -0.0818. The van der Waals surface area contributed by atoms with E-state index in [1.165, 1.54) is 16.9 Å². The molecule has 1 aliphatic heterocycles. The third-order valence-electron chi connectivity index (χ3n) is 4.62. The van der Waals surface area contributed by atoms with Crippen LogP contribution in [0.4, 0.5) is 10.8 Å². The number of rotatable bonds is 4. The number of benzene rings is 2. The van der Waals surface area contributed by atoms with Gasteiger partial charge < -0.3 is 10.2 Å². The van der Waals surface area contributed by atoms with Crippen molar-refractivity contribution in [3.63, 3.8) is 0 Å². The van der Waals surface area contributed by atoms with E-state index in [1.54, 1.807) is 12.1 Å². The van der Waals surface area contributed by atoms with Crippen molar-refractivity contribution in [2.45, 2.75) is 19.4 Å². The summed E-state index contributed by atoms with van der Waals surface area (Å²) in [5, 5.41) is 6.44. The van der Waals surface area contributed by atoms with E-state index in [0.29, 0.717) is 27.8 Å². The molecule has 3 aromatic rings. The number of nitrogens with zero attached hydrogens (tertiary/aromatic N) is 2. The van der Waals surface area contributed by atoms with Crippen molar-refractivity contribution in [2.24, 2.45) is 0 Å². The molecule has 0 spiro atoms. The molecule has 4 rings (SSSR count). The Bertz CT molecular complexity index is 1000. The SMILES string of the molecule is CC1Cc2ccccc2N1CC(=O)Nc1nc(-c2ccc(Cl)cc2Cl)cs1. The molecule has 1 amide bonds. The Morgan fingerprint density at radius 2 is 2.11 bits per heavy atom. The number of hydrogen-bond acceptors (Lipinski definition) is 4. The first kappa shape index (κ1) is 18.3. The van der Waals surface area contributed by atoms with Gasteiger partial charge in [-0.3, -0.25) is 4.79 Å². The van der Waals surface area contributed by atoms with Crippen LogP contribution in [0.3, 0.4) is 0 Å². The van der Waals surface area contributed by atoms with Gasteiger partial charge in [0.2, 0.25) is 5.91 Å². The molecule has 2 heterocycles. The van der Waals surface area contributed by atoms with Crippen molar-refractivity contribution in [1.29, 1.82) is 0 Å². The normalized spacial score (nSPS) is 15.7. The standard InChI is InChI=1S/C20H17Cl2N3OS/c1-12-8-13-4-2-3-5-18(13)25(12)10-19(26)24-20-23-17(11-27-20)15-7-6-14(21)9-16(15)22/h2-7,9,11-12H,8,10H2,1H3,(H,23,24,26). The lowest BCUT2D eigenvalue weighted by atomic mass is 10.1. The summed E-state index contributed by atoms with van der Waals surface area (Å²) in [7, 11) is 0. The van der Waals surface area contributed by atoms with Crippen LogP contribution in [0.25, 0.3) is 11.3 Å². The van der Waals surface area contributed by atoms with Crippen LogP contribution in [0.5, 0.6) is 0 Å². The predicted molar refractivity (Wildman–Crippen MR) is 113 cm³/mol. The fraction of sp³-hybridized carbons (Fsp3) is 0.200.